The van der Waals surface area contributed by atoms with E-state index in [0.29, 0.717) is 0 Å². The highest BCUT2D eigenvalue weighted by molar-refractivity contribution is 5.40. The third kappa shape index (κ3) is 2.82. The van der Waals surface area contributed by atoms with Gasteiger partial charge in [-0.05, 0) is 31.5 Å². The zero-order valence-corrected chi connectivity index (χ0v) is 9.90. The van der Waals surface area contributed by atoms with Crippen molar-refractivity contribution in [1.82, 2.24) is 15.3 Å². The van der Waals surface area contributed by atoms with E-state index >= 15 is 0 Å². The van der Waals surface area contributed by atoms with Gasteiger partial charge in [-0.15, -0.1) is 0 Å². The molecule has 0 amide bonds. The van der Waals surface area contributed by atoms with Gasteiger partial charge in [-0.1, -0.05) is 0 Å². The molecule has 0 saturated carbocycles. The summed E-state index contributed by atoms with van der Waals surface area (Å²) in [6, 6.07) is 1.91. The van der Waals surface area contributed by atoms with Crippen molar-refractivity contribution in [3.8, 4) is 0 Å². The predicted molar refractivity (Wildman–Crippen MR) is 65.8 cm³/mol. The Morgan fingerprint density at radius 1 is 1.56 bits per heavy atom. The highest BCUT2D eigenvalue weighted by Crippen LogP contribution is 2.11. The van der Waals surface area contributed by atoms with Crippen molar-refractivity contribution in [2.24, 2.45) is 5.92 Å². The van der Waals surface area contributed by atoms with E-state index in [1.54, 1.807) is 6.20 Å². The van der Waals surface area contributed by atoms with Crippen molar-refractivity contribution in [2.45, 2.75) is 6.42 Å². The lowest BCUT2D eigenvalue weighted by atomic mass is 10.1. The molecule has 0 spiro atoms. The molecule has 1 aromatic heterocycles. The van der Waals surface area contributed by atoms with Gasteiger partial charge in [0.25, 0.3) is 0 Å². The molecule has 5 nitrogen and oxygen atoms in total. The first-order chi connectivity index (χ1) is 7.75. The van der Waals surface area contributed by atoms with Crippen LogP contribution < -0.4 is 15.5 Å². The minimum absolute atomic E-state index is 0.720. The van der Waals surface area contributed by atoms with Crippen LogP contribution in [0.15, 0.2) is 12.3 Å². The molecule has 2 rings (SSSR count). The molecule has 1 unspecified atom stereocenters. The number of nitrogens with one attached hydrogen (secondary N) is 2. The van der Waals surface area contributed by atoms with Gasteiger partial charge in [-0.3, -0.25) is 0 Å². The van der Waals surface area contributed by atoms with E-state index in [0.717, 1.165) is 37.3 Å². The molecule has 1 aliphatic heterocycles. The molecule has 1 atom stereocenters. The van der Waals surface area contributed by atoms with Crippen molar-refractivity contribution in [3.05, 3.63) is 12.3 Å². The number of hydrogen-bond donors (Lipinski definition) is 2. The van der Waals surface area contributed by atoms with Gasteiger partial charge in [0, 0.05) is 26.8 Å². The third-order valence-corrected chi connectivity index (χ3v) is 2.78. The second kappa shape index (κ2) is 5.12. The fraction of sp³-hybridized carbons (Fsp3) is 0.636. The molecular weight excluding hydrogens is 202 g/mol. The first kappa shape index (κ1) is 11.1. The molecule has 16 heavy (non-hydrogen) atoms. The van der Waals surface area contributed by atoms with Gasteiger partial charge in [0.2, 0.25) is 5.95 Å². The molecule has 0 bridgehead atoms. The lowest BCUT2D eigenvalue weighted by Crippen LogP contribution is -2.19. The minimum atomic E-state index is 0.720. The van der Waals surface area contributed by atoms with Crippen LogP contribution in [0.25, 0.3) is 0 Å². The largest absolute Gasteiger partial charge is 0.370 e. The summed E-state index contributed by atoms with van der Waals surface area (Å²) in [5, 5.41) is 6.72. The first-order valence-corrected chi connectivity index (χ1v) is 5.70. The Morgan fingerprint density at radius 3 is 3.12 bits per heavy atom. The molecule has 88 valence electrons. The average Bonchev–Trinajstić information content (AvgIpc) is 2.79. The van der Waals surface area contributed by atoms with Crippen LogP contribution in [0.3, 0.4) is 0 Å². The maximum Gasteiger partial charge on any atom is 0.226 e. The Balaban J connectivity index is 1.90. The quantitative estimate of drug-likeness (QED) is 0.778. The molecule has 0 aliphatic carbocycles. The molecular formula is C11H19N5. The van der Waals surface area contributed by atoms with E-state index in [2.05, 4.69) is 20.6 Å². The standard InChI is InChI=1S/C11H19N5/c1-16(2)11-13-6-4-10(15-11)14-8-9-3-5-12-7-9/h4,6,9,12H,3,5,7-8H2,1-2H3,(H,13,14,15). The van der Waals surface area contributed by atoms with Crippen LogP contribution in [0.4, 0.5) is 11.8 Å². The summed E-state index contributed by atoms with van der Waals surface area (Å²) in [5.74, 6) is 2.37. The van der Waals surface area contributed by atoms with Crippen molar-refractivity contribution < 1.29 is 0 Å². The van der Waals surface area contributed by atoms with Gasteiger partial charge in [-0.25, -0.2) is 4.98 Å². The molecule has 0 aromatic carbocycles. The Morgan fingerprint density at radius 2 is 2.44 bits per heavy atom. The normalized spacial score (nSPS) is 19.8. The number of rotatable bonds is 4. The summed E-state index contributed by atoms with van der Waals surface area (Å²) in [4.78, 5) is 10.5. The van der Waals surface area contributed by atoms with Crippen molar-refractivity contribution in [3.63, 3.8) is 0 Å². The lowest BCUT2D eigenvalue weighted by molar-refractivity contribution is 0.614. The van der Waals surface area contributed by atoms with Gasteiger partial charge in [0.15, 0.2) is 0 Å². The fourth-order valence-corrected chi connectivity index (χ4v) is 1.80. The Bertz CT molecular complexity index is 333. The van der Waals surface area contributed by atoms with E-state index in [9.17, 15) is 0 Å². The van der Waals surface area contributed by atoms with Gasteiger partial charge in [-0.2, -0.15) is 4.98 Å². The zero-order chi connectivity index (χ0) is 11.4. The molecule has 1 aromatic rings. The van der Waals surface area contributed by atoms with Gasteiger partial charge in [0.05, 0.1) is 0 Å². The van der Waals surface area contributed by atoms with Crippen LogP contribution in [0, 0.1) is 5.92 Å². The summed E-state index contributed by atoms with van der Waals surface area (Å²) in [7, 11) is 3.89. The van der Waals surface area contributed by atoms with E-state index in [1.807, 2.05) is 25.1 Å². The smallest absolute Gasteiger partial charge is 0.226 e. The second-order valence-corrected chi connectivity index (χ2v) is 4.38. The monoisotopic (exact) mass is 221 g/mol. The lowest BCUT2D eigenvalue weighted by Gasteiger charge is -2.13. The van der Waals surface area contributed by atoms with Crippen LogP contribution in [0.2, 0.25) is 0 Å². The molecule has 1 saturated heterocycles. The molecule has 1 aliphatic rings. The molecule has 0 radical (unpaired) electrons. The fourth-order valence-electron chi connectivity index (χ4n) is 1.80. The van der Waals surface area contributed by atoms with Gasteiger partial charge >= 0.3 is 0 Å². The Kier molecular flexibility index (Phi) is 3.56. The van der Waals surface area contributed by atoms with Gasteiger partial charge in [0.1, 0.15) is 5.82 Å². The molecule has 5 heteroatoms. The van der Waals surface area contributed by atoms with Crippen LogP contribution >= 0.6 is 0 Å². The van der Waals surface area contributed by atoms with Gasteiger partial charge < -0.3 is 15.5 Å². The van der Waals surface area contributed by atoms with Crippen molar-refractivity contribution in [1.29, 1.82) is 0 Å². The zero-order valence-electron chi connectivity index (χ0n) is 9.90. The number of nitrogens with zero attached hydrogens (tertiary/aromatic N) is 3. The van der Waals surface area contributed by atoms with E-state index in [1.165, 1.54) is 6.42 Å². The minimum Gasteiger partial charge on any atom is -0.370 e. The molecule has 2 N–H and O–H groups in total. The topological polar surface area (TPSA) is 53.1 Å². The van der Waals surface area contributed by atoms with Crippen LogP contribution in [-0.2, 0) is 0 Å². The SMILES string of the molecule is CN(C)c1nccc(NCC2CCNC2)n1. The summed E-state index contributed by atoms with van der Waals surface area (Å²) < 4.78 is 0. The molecule has 1 fully saturated rings. The summed E-state index contributed by atoms with van der Waals surface area (Å²) in [6.45, 7) is 3.23. The summed E-state index contributed by atoms with van der Waals surface area (Å²) in [6.07, 6.45) is 3.04. The van der Waals surface area contributed by atoms with E-state index in [-0.39, 0.29) is 0 Å². The number of aromatic nitrogens is 2. The van der Waals surface area contributed by atoms with Crippen molar-refractivity contribution in [2.75, 3.05) is 43.9 Å². The maximum absolute atomic E-state index is 4.42. The van der Waals surface area contributed by atoms with Crippen LogP contribution in [0.1, 0.15) is 6.42 Å². The molecule has 2 heterocycles. The maximum atomic E-state index is 4.42. The first-order valence-electron chi connectivity index (χ1n) is 5.70. The average molecular weight is 221 g/mol. The Hall–Kier alpha value is -1.36. The Labute approximate surface area is 96.3 Å². The van der Waals surface area contributed by atoms with E-state index < -0.39 is 0 Å². The predicted octanol–water partition coefficient (Wildman–Crippen LogP) is 0.564. The van der Waals surface area contributed by atoms with Crippen LogP contribution in [0.5, 0.6) is 0 Å². The summed E-state index contributed by atoms with van der Waals surface area (Å²) in [5.41, 5.74) is 0. The third-order valence-electron chi connectivity index (χ3n) is 2.78. The van der Waals surface area contributed by atoms with E-state index in [4.69, 9.17) is 0 Å². The highest BCUT2D eigenvalue weighted by Gasteiger charge is 2.13. The number of hydrogen-bond acceptors (Lipinski definition) is 5. The highest BCUT2D eigenvalue weighted by atomic mass is 15.2. The van der Waals surface area contributed by atoms with Crippen LogP contribution in [-0.4, -0.2) is 43.7 Å². The van der Waals surface area contributed by atoms with Crippen molar-refractivity contribution >= 4 is 11.8 Å². The second-order valence-electron chi connectivity index (χ2n) is 4.38. The summed E-state index contributed by atoms with van der Waals surface area (Å²) >= 11 is 0. The number of anilines is 2.